The molecule has 17 heavy (non-hydrogen) atoms. The van der Waals surface area contributed by atoms with Crippen molar-refractivity contribution >= 4 is 5.91 Å². The van der Waals surface area contributed by atoms with E-state index in [0.717, 1.165) is 19.4 Å². The molecule has 1 heterocycles. The first-order chi connectivity index (χ1) is 8.18. The third kappa shape index (κ3) is 3.21. The number of nitrogens with two attached hydrogens (primary N) is 1. The zero-order valence-electron chi connectivity index (χ0n) is 11.0. The average Bonchev–Trinajstić information content (AvgIpc) is 2.76. The van der Waals surface area contributed by atoms with Gasteiger partial charge in [0, 0.05) is 25.0 Å². The molecule has 2 atom stereocenters. The number of amides is 1. The van der Waals surface area contributed by atoms with E-state index in [0.29, 0.717) is 18.4 Å². The van der Waals surface area contributed by atoms with Gasteiger partial charge in [-0.15, -0.1) is 0 Å². The highest BCUT2D eigenvalue weighted by atomic mass is 16.2. The van der Waals surface area contributed by atoms with Crippen molar-refractivity contribution in [1.82, 2.24) is 4.90 Å². The Balaban J connectivity index is 1.80. The quantitative estimate of drug-likeness (QED) is 0.820. The topological polar surface area (TPSA) is 46.3 Å². The van der Waals surface area contributed by atoms with Crippen molar-refractivity contribution in [2.24, 2.45) is 11.7 Å². The van der Waals surface area contributed by atoms with Crippen LogP contribution in [0, 0.1) is 5.92 Å². The van der Waals surface area contributed by atoms with E-state index in [1.165, 1.54) is 32.1 Å². The van der Waals surface area contributed by atoms with E-state index in [2.05, 4.69) is 6.92 Å². The number of hydrogen-bond acceptors (Lipinski definition) is 2. The van der Waals surface area contributed by atoms with Crippen LogP contribution in [0.1, 0.15) is 58.3 Å². The Hall–Kier alpha value is -0.570. The van der Waals surface area contributed by atoms with Gasteiger partial charge in [0.25, 0.3) is 0 Å². The van der Waals surface area contributed by atoms with Gasteiger partial charge >= 0.3 is 0 Å². The summed E-state index contributed by atoms with van der Waals surface area (Å²) < 4.78 is 0. The summed E-state index contributed by atoms with van der Waals surface area (Å²) >= 11 is 0. The second kappa shape index (κ2) is 5.85. The summed E-state index contributed by atoms with van der Waals surface area (Å²) in [5, 5.41) is 0. The lowest BCUT2D eigenvalue weighted by molar-refractivity contribution is -0.132. The second-order valence-electron chi connectivity index (χ2n) is 5.84. The Kier molecular flexibility index (Phi) is 4.43. The van der Waals surface area contributed by atoms with E-state index < -0.39 is 0 Å². The summed E-state index contributed by atoms with van der Waals surface area (Å²) in [5.41, 5.74) is 6.21. The highest BCUT2D eigenvalue weighted by Gasteiger charge is 2.28. The Morgan fingerprint density at radius 1 is 1.24 bits per heavy atom. The molecule has 2 N–H and O–H groups in total. The first-order valence-electron chi connectivity index (χ1n) is 7.23. The smallest absolute Gasteiger partial charge is 0.224 e. The summed E-state index contributed by atoms with van der Waals surface area (Å²) in [6.45, 7) is 3.09. The molecule has 2 rings (SSSR count). The molecule has 0 spiro atoms. The molecule has 1 saturated carbocycles. The van der Waals surface area contributed by atoms with Crippen molar-refractivity contribution in [2.45, 2.75) is 70.4 Å². The zero-order chi connectivity index (χ0) is 12.3. The normalized spacial score (nSPS) is 28.4. The van der Waals surface area contributed by atoms with E-state index in [-0.39, 0.29) is 11.9 Å². The maximum atomic E-state index is 12.2. The minimum atomic E-state index is 0.0931. The van der Waals surface area contributed by atoms with Gasteiger partial charge in [-0.25, -0.2) is 0 Å². The molecule has 0 aromatic rings. The summed E-state index contributed by atoms with van der Waals surface area (Å²) in [5.74, 6) is 0.874. The van der Waals surface area contributed by atoms with Crippen molar-refractivity contribution in [3.05, 3.63) is 0 Å². The van der Waals surface area contributed by atoms with Gasteiger partial charge in [-0.3, -0.25) is 4.79 Å². The van der Waals surface area contributed by atoms with Crippen molar-refractivity contribution in [3.8, 4) is 0 Å². The molecule has 2 aliphatic rings. The van der Waals surface area contributed by atoms with Gasteiger partial charge in [-0.05, 0) is 38.5 Å². The Labute approximate surface area is 105 Å². The van der Waals surface area contributed by atoms with Crippen LogP contribution in [0.3, 0.4) is 0 Å². The average molecular weight is 238 g/mol. The van der Waals surface area contributed by atoms with Crippen LogP contribution in [0.15, 0.2) is 0 Å². The monoisotopic (exact) mass is 238 g/mol. The van der Waals surface area contributed by atoms with Crippen molar-refractivity contribution in [2.75, 3.05) is 6.54 Å². The molecule has 0 aromatic carbocycles. The molecule has 0 radical (unpaired) electrons. The molecule has 3 nitrogen and oxygen atoms in total. The largest absolute Gasteiger partial charge is 0.340 e. The number of rotatable bonds is 3. The Morgan fingerprint density at radius 3 is 2.53 bits per heavy atom. The van der Waals surface area contributed by atoms with E-state index >= 15 is 0 Å². The molecule has 1 saturated heterocycles. The molecule has 0 bridgehead atoms. The van der Waals surface area contributed by atoms with Crippen molar-refractivity contribution < 1.29 is 4.79 Å². The molecular formula is C14H26N2O. The fourth-order valence-corrected chi connectivity index (χ4v) is 3.35. The minimum absolute atomic E-state index is 0.0931. The fraction of sp³-hybridized carbons (Fsp3) is 0.929. The van der Waals surface area contributed by atoms with E-state index in [1.807, 2.05) is 4.90 Å². The van der Waals surface area contributed by atoms with E-state index in [9.17, 15) is 4.79 Å². The highest BCUT2D eigenvalue weighted by molar-refractivity contribution is 5.77. The lowest BCUT2D eigenvalue weighted by Gasteiger charge is -2.29. The highest BCUT2D eigenvalue weighted by Crippen LogP contribution is 2.27. The minimum Gasteiger partial charge on any atom is -0.340 e. The van der Waals surface area contributed by atoms with Crippen LogP contribution in [0.25, 0.3) is 0 Å². The molecule has 1 amide bonds. The molecule has 1 aliphatic heterocycles. The van der Waals surface area contributed by atoms with Gasteiger partial charge in [0.1, 0.15) is 0 Å². The van der Waals surface area contributed by atoms with E-state index in [1.54, 1.807) is 0 Å². The van der Waals surface area contributed by atoms with Crippen LogP contribution in [0.2, 0.25) is 0 Å². The third-order valence-electron chi connectivity index (χ3n) is 4.54. The molecule has 1 aliphatic carbocycles. The molecule has 98 valence electrons. The summed E-state index contributed by atoms with van der Waals surface area (Å²) in [6, 6.07) is 0.525. The number of hydrogen-bond donors (Lipinski definition) is 1. The molecule has 3 heteroatoms. The summed E-state index contributed by atoms with van der Waals surface area (Å²) in [7, 11) is 0. The summed E-state index contributed by atoms with van der Waals surface area (Å²) in [6.07, 6.45) is 9.28. The zero-order valence-corrected chi connectivity index (χ0v) is 11.0. The van der Waals surface area contributed by atoms with Gasteiger partial charge in [0.15, 0.2) is 0 Å². The van der Waals surface area contributed by atoms with Crippen LogP contribution < -0.4 is 5.73 Å². The maximum absolute atomic E-state index is 12.2. The lowest BCUT2D eigenvalue weighted by Crippen LogP contribution is -2.40. The van der Waals surface area contributed by atoms with Crippen LogP contribution >= 0.6 is 0 Å². The number of likely N-dealkylation sites (tertiary alicyclic amines) is 1. The van der Waals surface area contributed by atoms with Gasteiger partial charge in [-0.1, -0.05) is 19.3 Å². The molecular weight excluding hydrogens is 212 g/mol. The van der Waals surface area contributed by atoms with Gasteiger partial charge in [0.05, 0.1) is 0 Å². The molecule has 2 fully saturated rings. The number of carbonyl (C=O) groups excluding carboxylic acids is 1. The lowest BCUT2D eigenvalue weighted by atomic mass is 9.83. The van der Waals surface area contributed by atoms with Crippen molar-refractivity contribution in [3.63, 3.8) is 0 Å². The predicted octanol–water partition coefficient (Wildman–Crippen LogP) is 2.29. The number of carbonyl (C=O) groups is 1. The Bertz CT molecular complexity index is 261. The van der Waals surface area contributed by atoms with Crippen LogP contribution in [0.5, 0.6) is 0 Å². The molecule has 2 unspecified atom stereocenters. The standard InChI is InChI=1S/C14H26N2O/c1-11-6-5-9-16(11)14(17)10-13(15)12-7-3-2-4-8-12/h11-13H,2-10,15H2,1H3. The predicted molar refractivity (Wildman–Crippen MR) is 69.6 cm³/mol. The van der Waals surface area contributed by atoms with Gasteiger partial charge < -0.3 is 10.6 Å². The van der Waals surface area contributed by atoms with E-state index in [4.69, 9.17) is 5.73 Å². The first-order valence-corrected chi connectivity index (χ1v) is 7.23. The molecule has 0 aromatic heterocycles. The van der Waals surface area contributed by atoms with Crippen molar-refractivity contribution in [1.29, 1.82) is 0 Å². The van der Waals surface area contributed by atoms with Crippen LogP contribution in [0.4, 0.5) is 0 Å². The third-order valence-corrected chi connectivity index (χ3v) is 4.54. The van der Waals surface area contributed by atoms with Gasteiger partial charge in [-0.2, -0.15) is 0 Å². The Morgan fingerprint density at radius 2 is 1.94 bits per heavy atom. The second-order valence-corrected chi connectivity index (χ2v) is 5.84. The van der Waals surface area contributed by atoms with Crippen LogP contribution in [-0.4, -0.2) is 29.4 Å². The SMILES string of the molecule is CC1CCCN1C(=O)CC(N)C1CCCCC1. The number of nitrogens with zero attached hydrogens (tertiary/aromatic N) is 1. The fourth-order valence-electron chi connectivity index (χ4n) is 3.35. The first kappa shape index (κ1) is 12.9. The van der Waals surface area contributed by atoms with Gasteiger partial charge in [0.2, 0.25) is 5.91 Å². The summed E-state index contributed by atoms with van der Waals surface area (Å²) in [4.78, 5) is 14.2. The maximum Gasteiger partial charge on any atom is 0.224 e. The van der Waals surface area contributed by atoms with Crippen LogP contribution in [-0.2, 0) is 4.79 Å².